The molecule has 0 aliphatic heterocycles. The van der Waals surface area contributed by atoms with Gasteiger partial charge in [-0.15, -0.1) is 0 Å². The van der Waals surface area contributed by atoms with Gasteiger partial charge >= 0.3 is 5.97 Å². The topological polar surface area (TPSA) is 83.7 Å². The molecule has 7 heteroatoms. The summed E-state index contributed by atoms with van der Waals surface area (Å²) in [6, 6.07) is 16.4. The quantitative estimate of drug-likeness (QED) is 0.611. The number of esters is 1. The highest BCUT2D eigenvalue weighted by molar-refractivity contribution is 5.71. The van der Waals surface area contributed by atoms with Crippen LogP contribution >= 0.6 is 0 Å². The molecule has 0 N–H and O–H groups in total. The number of hydrogen-bond acceptors (Lipinski definition) is 7. The van der Waals surface area contributed by atoms with Gasteiger partial charge in [0.2, 0.25) is 5.82 Å². The maximum atomic E-state index is 11.8. The average molecular weight is 340 g/mol. The van der Waals surface area contributed by atoms with Crippen molar-refractivity contribution < 1.29 is 23.5 Å². The van der Waals surface area contributed by atoms with Gasteiger partial charge in [-0.3, -0.25) is 0 Å². The minimum absolute atomic E-state index is 0.117. The van der Waals surface area contributed by atoms with Crippen LogP contribution in [0.2, 0.25) is 0 Å². The minimum Gasteiger partial charge on any atom is -0.493 e. The predicted molar refractivity (Wildman–Crippen MR) is 88.0 cm³/mol. The van der Waals surface area contributed by atoms with Crippen molar-refractivity contribution in [2.45, 2.75) is 6.61 Å². The van der Waals surface area contributed by atoms with Gasteiger partial charge in [-0.25, -0.2) is 4.79 Å². The number of carbonyl (C=O) groups excluding carboxylic acids is 1. The Morgan fingerprint density at radius 2 is 1.76 bits per heavy atom. The fraction of sp³-hybridized carbons (Fsp3) is 0.167. The molecule has 0 saturated carbocycles. The maximum Gasteiger partial charge on any atom is 0.344 e. The van der Waals surface area contributed by atoms with E-state index in [2.05, 4.69) is 10.1 Å². The van der Waals surface area contributed by atoms with Crippen molar-refractivity contribution in [3.8, 4) is 22.9 Å². The van der Waals surface area contributed by atoms with Gasteiger partial charge in [-0.1, -0.05) is 47.6 Å². The summed E-state index contributed by atoms with van der Waals surface area (Å²) in [6.45, 7) is -0.367. The molecule has 3 aromatic rings. The largest absolute Gasteiger partial charge is 0.493 e. The Bertz CT molecular complexity index is 832. The molecule has 0 amide bonds. The van der Waals surface area contributed by atoms with Crippen LogP contribution in [0.5, 0.6) is 11.5 Å². The standard InChI is InChI=1S/C18H16N2O5/c1-22-14-9-5-6-10-15(14)23-12-17(21)24-11-16-19-18(20-25-16)13-7-3-2-4-8-13/h2-10H,11-12H2,1H3. The summed E-state index contributed by atoms with van der Waals surface area (Å²) >= 11 is 0. The summed E-state index contributed by atoms with van der Waals surface area (Å²) in [7, 11) is 1.53. The van der Waals surface area contributed by atoms with Crippen LogP contribution in [0.1, 0.15) is 5.89 Å². The maximum absolute atomic E-state index is 11.8. The highest BCUT2D eigenvalue weighted by atomic mass is 16.6. The smallest absolute Gasteiger partial charge is 0.344 e. The van der Waals surface area contributed by atoms with E-state index in [1.165, 1.54) is 7.11 Å². The van der Waals surface area contributed by atoms with Gasteiger partial charge in [0.05, 0.1) is 7.11 Å². The molecule has 0 saturated heterocycles. The molecule has 1 aromatic heterocycles. The first-order chi connectivity index (χ1) is 12.3. The fourth-order valence-electron chi connectivity index (χ4n) is 2.08. The summed E-state index contributed by atoms with van der Waals surface area (Å²) in [5.74, 6) is 1.11. The number of aromatic nitrogens is 2. The lowest BCUT2D eigenvalue weighted by Crippen LogP contribution is -2.15. The third kappa shape index (κ3) is 4.35. The van der Waals surface area contributed by atoms with Gasteiger partial charge in [0.1, 0.15) is 0 Å². The first-order valence-corrected chi connectivity index (χ1v) is 7.55. The number of hydrogen-bond donors (Lipinski definition) is 0. The molecule has 0 radical (unpaired) electrons. The highest BCUT2D eigenvalue weighted by Gasteiger charge is 2.12. The first-order valence-electron chi connectivity index (χ1n) is 7.55. The summed E-state index contributed by atoms with van der Waals surface area (Å²) in [6.07, 6.45) is 0. The number of benzene rings is 2. The Morgan fingerprint density at radius 1 is 1.04 bits per heavy atom. The Morgan fingerprint density at radius 3 is 2.52 bits per heavy atom. The molecule has 0 unspecified atom stereocenters. The van der Waals surface area contributed by atoms with E-state index >= 15 is 0 Å². The lowest BCUT2D eigenvalue weighted by atomic mass is 10.2. The molecule has 0 atom stereocenters. The summed E-state index contributed by atoms with van der Waals surface area (Å²) < 4.78 is 20.7. The van der Waals surface area contributed by atoms with Crippen molar-refractivity contribution in [2.75, 3.05) is 13.7 Å². The van der Waals surface area contributed by atoms with E-state index in [0.717, 1.165) is 5.56 Å². The van der Waals surface area contributed by atoms with Crippen LogP contribution < -0.4 is 9.47 Å². The lowest BCUT2D eigenvalue weighted by Gasteiger charge is -2.09. The lowest BCUT2D eigenvalue weighted by molar-refractivity contribution is -0.148. The normalized spacial score (nSPS) is 10.3. The number of methoxy groups -OCH3 is 1. The zero-order chi connectivity index (χ0) is 17.5. The summed E-state index contributed by atoms with van der Waals surface area (Å²) in [5, 5.41) is 3.86. The molecule has 3 rings (SSSR count). The molecular formula is C18H16N2O5. The van der Waals surface area contributed by atoms with Crippen molar-refractivity contribution in [1.29, 1.82) is 0 Å². The van der Waals surface area contributed by atoms with E-state index in [1.54, 1.807) is 18.2 Å². The van der Waals surface area contributed by atoms with Crippen LogP contribution in [0, 0.1) is 0 Å². The second-order valence-electron chi connectivity index (χ2n) is 4.98. The molecule has 0 fully saturated rings. The number of ether oxygens (including phenoxy) is 3. The number of carbonyl (C=O) groups is 1. The van der Waals surface area contributed by atoms with Crippen LogP contribution in [-0.2, 0) is 16.1 Å². The number of para-hydroxylation sites is 2. The zero-order valence-corrected chi connectivity index (χ0v) is 13.5. The Balaban J connectivity index is 1.50. The molecule has 0 aliphatic carbocycles. The van der Waals surface area contributed by atoms with Gasteiger partial charge in [-0.2, -0.15) is 4.98 Å². The van der Waals surface area contributed by atoms with Crippen molar-refractivity contribution in [3.63, 3.8) is 0 Å². The van der Waals surface area contributed by atoms with Crippen LogP contribution in [0.15, 0.2) is 59.1 Å². The van der Waals surface area contributed by atoms with Crippen molar-refractivity contribution in [1.82, 2.24) is 10.1 Å². The SMILES string of the molecule is COc1ccccc1OCC(=O)OCc1nc(-c2ccccc2)no1. The van der Waals surface area contributed by atoms with Crippen molar-refractivity contribution in [3.05, 3.63) is 60.5 Å². The average Bonchev–Trinajstić information content (AvgIpc) is 3.14. The van der Waals surface area contributed by atoms with E-state index in [4.69, 9.17) is 18.7 Å². The molecule has 0 bridgehead atoms. The third-order valence-electron chi connectivity index (χ3n) is 3.27. The molecule has 2 aromatic carbocycles. The van der Waals surface area contributed by atoms with E-state index < -0.39 is 5.97 Å². The number of rotatable bonds is 7. The van der Waals surface area contributed by atoms with Crippen molar-refractivity contribution >= 4 is 5.97 Å². The highest BCUT2D eigenvalue weighted by Crippen LogP contribution is 2.25. The summed E-state index contributed by atoms with van der Waals surface area (Å²) in [5.41, 5.74) is 0.823. The first kappa shape index (κ1) is 16.5. The monoisotopic (exact) mass is 340 g/mol. The summed E-state index contributed by atoms with van der Waals surface area (Å²) in [4.78, 5) is 16.0. The Labute approximate surface area is 144 Å². The molecule has 0 spiro atoms. The van der Waals surface area contributed by atoms with Gasteiger partial charge in [0.25, 0.3) is 5.89 Å². The molecule has 0 aliphatic rings. The zero-order valence-electron chi connectivity index (χ0n) is 13.5. The van der Waals surface area contributed by atoms with E-state index in [0.29, 0.717) is 17.3 Å². The van der Waals surface area contributed by atoms with Crippen LogP contribution in [-0.4, -0.2) is 29.8 Å². The van der Waals surface area contributed by atoms with E-state index in [1.807, 2.05) is 36.4 Å². The number of nitrogens with zero attached hydrogens (tertiary/aromatic N) is 2. The third-order valence-corrected chi connectivity index (χ3v) is 3.27. The van der Waals surface area contributed by atoms with Gasteiger partial charge < -0.3 is 18.7 Å². The molecule has 1 heterocycles. The van der Waals surface area contributed by atoms with Gasteiger partial charge in [0, 0.05) is 5.56 Å². The van der Waals surface area contributed by atoms with Crippen LogP contribution in [0.25, 0.3) is 11.4 Å². The van der Waals surface area contributed by atoms with Crippen LogP contribution in [0.4, 0.5) is 0 Å². The van der Waals surface area contributed by atoms with Crippen molar-refractivity contribution in [2.24, 2.45) is 0 Å². The van der Waals surface area contributed by atoms with Crippen LogP contribution in [0.3, 0.4) is 0 Å². The van der Waals surface area contributed by atoms with Gasteiger partial charge in [0.15, 0.2) is 24.7 Å². The van der Waals surface area contributed by atoms with E-state index in [-0.39, 0.29) is 19.1 Å². The van der Waals surface area contributed by atoms with E-state index in [9.17, 15) is 4.79 Å². The molecule has 25 heavy (non-hydrogen) atoms. The van der Waals surface area contributed by atoms with Gasteiger partial charge in [-0.05, 0) is 12.1 Å². The predicted octanol–water partition coefficient (Wildman–Crippen LogP) is 2.87. The second-order valence-corrected chi connectivity index (χ2v) is 4.98. The second kappa shape index (κ2) is 7.96. The molecule has 7 nitrogen and oxygen atoms in total. The Kier molecular flexibility index (Phi) is 5.26. The molecular weight excluding hydrogens is 324 g/mol. The minimum atomic E-state index is -0.551. The fourth-order valence-corrected chi connectivity index (χ4v) is 2.08. The molecule has 128 valence electrons. The Hall–Kier alpha value is -3.35.